The molecule has 0 bridgehead atoms. The van der Waals surface area contributed by atoms with Gasteiger partial charge in [0.25, 0.3) is 0 Å². The number of carbonyl (C=O) groups is 2. The fourth-order valence-electron chi connectivity index (χ4n) is 2.86. The molecule has 0 aliphatic carbocycles. The molecule has 2 saturated heterocycles. The van der Waals surface area contributed by atoms with Gasteiger partial charge in [-0.2, -0.15) is 0 Å². The van der Waals surface area contributed by atoms with Crippen LogP contribution in [0.3, 0.4) is 0 Å². The highest BCUT2D eigenvalue weighted by Gasteiger charge is 2.23. The molecule has 2 aliphatic heterocycles. The summed E-state index contributed by atoms with van der Waals surface area (Å²) in [5.41, 5.74) is 0. The Hall–Kier alpha value is -1.10. The number of amides is 2. The molecule has 5 heteroatoms. The third-order valence-electron chi connectivity index (χ3n) is 4.12. The second-order valence-electron chi connectivity index (χ2n) is 5.75. The molecule has 2 amide bonds. The van der Waals surface area contributed by atoms with Crippen molar-refractivity contribution in [2.24, 2.45) is 5.92 Å². The number of rotatable bonds is 4. The van der Waals surface area contributed by atoms with Crippen LogP contribution in [0.25, 0.3) is 0 Å². The van der Waals surface area contributed by atoms with E-state index >= 15 is 0 Å². The first-order valence-corrected chi connectivity index (χ1v) is 7.39. The number of likely N-dealkylation sites (N-methyl/N-ethyl adjacent to an activating group) is 1. The quantitative estimate of drug-likeness (QED) is 0.805. The summed E-state index contributed by atoms with van der Waals surface area (Å²) in [6.07, 6.45) is 5.02. The molecule has 0 aromatic rings. The maximum atomic E-state index is 12.1. The topological polar surface area (TPSA) is 52.7 Å². The highest BCUT2D eigenvalue weighted by molar-refractivity contribution is 5.84. The summed E-state index contributed by atoms with van der Waals surface area (Å²) in [7, 11) is 1.74. The first-order valence-electron chi connectivity index (χ1n) is 7.39. The molecule has 19 heavy (non-hydrogen) atoms. The molecular formula is C14H25N3O2. The van der Waals surface area contributed by atoms with Gasteiger partial charge in [0, 0.05) is 26.6 Å². The Balaban J connectivity index is 1.73. The smallest absolute Gasteiger partial charge is 0.242 e. The molecule has 108 valence electrons. The van der Waals surface area contributed by atoms with Crippen molar-refractivity contribution in [3.63, 3.8) is 0 Å². The summed E-state index contributed by atoms with van der Waals surface area (Å²) in [6.45, 7) is 3.94. The van der Waals surface area contributed by atoms with Gasteiger partial charge in [-0.15, -0.1) is 0 Å². The maximum Gasteiger partial charge on any atom is 0.242 e. The lowest BCUT2D eigenvalue weighted by molar-refractivity contribution is -0.139. The Labute approximate surface area is 115 Å². The minimum atomic E-state index is 0.0927. The third-order valence-corrected chi connectivity index (χ3v) is 4.12. The van der Waals surface area contributed by atoms with E-state index < -0.39 is 0 Å². The van der Waals surface area contributed by atoms with Gasteiger partial charge >= 0.3 is 0 Å². The highest BCUT2D eigenvalue weighted by Crippen LogP contribution is 2.15. The van der Waals surface area contributed by atoms with Crippen molar-refractivity contribution >= 4 is 11.8 Å². The SMILES string of the molecule is CN(CC(=O)N1CCCC1)C(=O)CC1CCCNC1. The van der Waals surface area contributed by atoms with Crippen LogP contribution < -0.4 is 5.32 Å². The number of piperidine rings is 1. The van der Waals surface area contributed by atoms with Crippen molar-refractivity contribution in [2.75, 3.05) is 39.8 Å². The average molecular weight is 267 g/mol. The van der Waals surface area contributed by atoms with Gasteiger partial charge in [-0.25, -0.2) is 0 Å². The van der Waals surface area contributed by atoms with Crippen molar-refractivity contribution < 1.29 is 9.59 Å². The van der Waals surface area contributed by atoms with Crippen LogP contribution >= 0.6 is 0 Å². The molecule has 1 N–H and O–H groups in total. The second kappa shape index (κ2) is 6.89. The van der Waals surface area contributed by atoms with E-state index in [-0.39, 0.29) is 18.4 Å². The number of hydrogen-bond acceptors (Lipinski definition) is 3. The van der Waals surface area contributed by atoms with Gasteiger partial charge in [0.2, 0.25) is 11.8 Å². The van der Waals surface area contributed by atoms with Crippen LogP contribution in [0.2, 0.25) is 0 Å². The zero-order valence-electron chi connectivity index (χ0n) is 11.9. The van der Waals surface area contributed by atoms with E-state index in [9.17, 15) is 9.59 Å². The molecule has 2 rings (SSSR count). The van der Waals surface area contributed by atoms with Crippen molar-refractivity contribution in [2.45, 2.75) is 32.1 Å². The van der Waals surface area contributed by atoms with Gasteiger partial charge in [-0.1, -0.05) is 0 Å². The number of hydrogen-bond donors (Lipinski definition) is 1. The lowest BCUT2D eigenvalue weighted by atomic mass is 9.96. The van der Waals surface area contributed by atoms with Gasteiger partial charge in [-0.05, 0) is 44.7 Å². The number of likely N-dealkylation sites (tertiary alicyclic amines) is 1. The van der Waals surface area contributed by atoms with E-state index in [0.29, 0.717) is 12.3 Å². The average Bonchev–Trinajstić information content (AvgIpc) is 2.93. The van der Waals surface area contributed by atoms with Crippen LogP contribution in [-0.2, 0) is 9.59 Å². The summed E-state index contributed by atoms with van der Waals surface area (Å²) in [6, 6.07) is 0. The molecule has 2 aliphatic rings. The Morgan fingerprint density at radius 2 is 2.00 bits per heavy atom. The summed E-state index contributed by atoms with van der Waals surface area (Å²) >= 11 is 0. The molecule has 0 saturated carbocycles. The summed E-state index contributed by atoms with van der Waals surface area (Å²) < 4.78 is 0. The molecule has 5 nitrogen and oxygen atoms in total. The lowest BCUT2D eigenvalue weighted by Crippen LogP contribution is -2.41. The van der Waals surface area contributed by atoms with Crippen LogP contribution in [0.1, 0.15) is 32.1 Å². The Bertz CT molecular complexity index is 321. The van der Waals surface area contributed by atoms with Gasteiger partial charge in [0.05, 0.1) is 6.54 Å². The van der Waals surface area contributed by atoms with E-state index in [1.165, 1.54) is 0 Å². The fraction of sp³-hybridized carbons (Fsp3) is 0.857. The van der Waals surface area contributed by atoms with Crippen LogP contribution in [0, 0.1) is 5.92 Å². The first-order chi connectivity index (χ1) is 9.16. The Kier molecular flexibility index (Phi) is 5.19. The van der Waals surface area contributed by atoms with Crippen LogP contribution in [0.5, 0.6) is 0 Å². The van der Waals surface area contributed by atoms with Gasteiger partial charge in [0.1, 0.15) is 0 Å². The Morgan fingerprint density at radius 1 is 1.26 bits per heavy atom. The molecule has 0 radical (unpaired) electrons. The zero-order chi connectivity index (χ0) is 13.7. The molecule has 1 atom stereocenters. The van der Waals surface area contributed by atoms with Gasteiger partial charge in [0.15, 0.2) is 0 Å². The zero-order valence-corrected chi connectivity index (χ0v) is 11.9. The van der Waals surface area contributed by atoms with E-state index in [4.69, 9.17) is 0 Å². The predicted molar refractivity (Wildman–Crippen MR) is 73.7 cm³/mol. The second-order valence-corrected chi connectivity index (χ2v) is 5.75. The minimum absolute atomic E-state index is 0.0927. The Morgan fingerprint density at radius 3 is 2.63 bits per heavy atom. The molecule has 2 fully saturated rings. The monoisotopic (exact) mass is 267 g/mol. The summed E-state index contributed by atoms with van der Waals surface area (Å²) in [4.78, 5) is 27.5. The van der Waals surface area contributed by atoms with Crippen molar-refractivity contribution in [3.05, 3.63) is 0 Å². The predicted octanol–water partition coefficient (Wildman–Crippen LogP) is 0.457. The van der Waals surface area contributed by atoms with E-state index in [1.54, 1.807) is 11.9 Å². The number of carbonyl (C=O) groups excluding carboxylic acids is 2. The van der Waals surface area contributed by atoms with Crippen LogP contribution in [-0.4, -0.2) is 61.4 Å². The molecule has 0 aromatic carbocycles. The number of nitrogens with zero attached hydrogens (tertiary/aromatic N) is 2. The summed E-state index contributed by atoms with van der Waals surface area (Å²) in [5.74, 6) is 0.627. The van der Waals surface area contributed by atoms with Gasteiger partial charge in [-0.3, -0.25) is 9.59 Å². The third kappa shape index (κ3) is 4.20. The van der Waals surface area contributed by atoms with Gasteiger partial charge < -0.3 is 15.1 Å². The van der Waals surface area contributed by atoms with E-state index in [1.807, 2.05) is 4.90 Å². The van der Waals surface area contributed by atoms with E-state index in [2.05, 4.69) is 5.32 Å². The largest absolute Gasteiger partial charge is 0.341 e. The maximum absolute atomic E-state index is 12.1. The number of nitrogens with one attached hydrogen (secondary N) is 1. The lowest BCUT2D eigenvalue weighted by Gasteiger charge is -2.26. The van der Waals surface area contributed by atoms with E-state index in [0.717, 1.165) is 51.9 Å². The molecule has 0 aromatic heterocycles. The molecular weight excluding hydrogens is 242 g/mol. The van der Waals surface area contributed by atoms with Crippen LogP contribution in [0.4, 0.5) is 0 Å². The summed E-state index contributed by atoms with van der Waals surface area (Å²) in [5, 5.41) is 3.32. The van der Waals surface area contributed by atoms with Crippen LogP contribution in [0.15, 0.2) is 0 Å². The first kappa shape index (κ1) is 14.3. The standard InChI is InChI=1S/C14H25N3O2/c1-16(11-14(19)17-7-2-3-8-17)13(18)9-12-5-4-6-15-10-12/h12,15H,2-11H2,1H3. The fourth-order valence-corrected chi connectivity index (χ4v) is 2.86. The molecule has 1 unspecified atom stereocenters. The molecule has 2 heterocycles. The minimum Gasteiger partial charge on any atom is -0.341 e. The molecule has 0 spiro atoms. The van der Waals surface area contributed by atoms with Crippen molar-refractivity contribution in [1.82, 2.24) is 15.1 Å². The van der Waals surface area contributed by atoms with Crippen molar-refractivity contribution in [3.8, 4) is 0 Å². The normalized spacial score (nSPS) is 23.4. The highest BCUT2D eigenvalue weighted by atomic mass is 16.2. The van der Waals surface area contributed by atoms with Crippen molar-refractivity contribution in [1.29, 1.82) is 0 Å².